The third-order valence-corrected chi connectivity index (χ3v) is 7.27. The molecule has 0 saturated carbocycles. The maximum absolute atomic E-state index is 13.5. The van der Waals surface area contributed by atoms with E-state index in [0.717, 1.165) is 43.3 Å². The van der Waals surface area contributed by atoms with E-state index in [2.05, 4.69) is 20.2 Å². The van der Waals surface area contributed by atoms with Crippen LogP contribution >= 0.6 is 11.8 Å². The van der Waals surface area contributed by atoms with Crippen LogP contribution < -0.4 is 10.2 Å². The van der Waals surface area contributed by atoms with E-state index in [1.165, 1.54) is 30.5 Å². The Morgan fingerprint density at radius 2 is 1.82 bits per heavy atom. The van der Waals surface area contributed by atoms with E-state index in [1.807, 2.05) is 24.3 Å². The number of halogens is 4. The molecule has 2 aromatic carbocycles. The van der Waals surface area contributed by atoms with Crippen molar-refractivity contribution in [3.05, 3.63) is 66.4 Å². The third kappa shape index (κ3) is 6.97. The van der Waals surface area contributed by atoms with E-state index in [-0.39, 0.29) is 16.6 Å². The number of carbonyl (C=O) groups excluding carboxylic acids is 1. The van der Waals surface area contributed by atoms with Crippen LogP contribution in [0.15, 0.2) is 60.8 Å². The normalized spacial score (nSPS) is 14.9. The molecule has 1 N–H and O–H groups in total. The van der Waals surface area contributed by atoms with Crippen LogP contribution in [0, 0.1) is 17.4 Å². The molecule has 12 heteroatoms. The molecule has 4 rings (SSSR count). The summed E-state index contributed by atoms with van der Waals surface area (Å²) in [6, 6.07) is 12.4. The molecule has 0 aliphatic carbocycles. The Hall–Kier alpha value is -3.85. The topological polar surface area (TPSA) is 85.2 Å². The number of piperidine rings is 1. The molecule has 1 atom stereocenters. The van der Waals surface area contributed by atoms with Crippen LogP contribution in [0.5, 0.6) is 0 Å². The molecule has 0 amide bonds. The summed E-state index contributed by atoms with van der Waals surface area (Å²) < 4.78 is 52.9. The number of nitriles is 1. The standard InChI is InChI=1S/C27H26F4N6OS/c1-36(17-32)24(27(29,30)31)19-4-2-18(3-5-19)23-10-13-33-26(35-23)34-21-6-8-22(9-7-21)37-14-11-20(12-15-37)25(38)39-16-28/h2-10,13,20,24H,11-12,14-16H2,1H3,(H,33,34,35). The highest BCUT2D eigenvalue weighted by molar-refractivity contribution is 8.13. The quantitative estimate of drug-likeness (QED) is 0.196. The minimum Gasteiger partial charge on any atom is -0.371 e. The Kier molecular flexibility index (Phi) is 8.91. The van der Waals surface area contributed by atoms with Crippen molar-refractivity contribution in [3.63, 3.8) is 0 Å². The van der Waals surface area contributed by atoms with Gasteiger partial charge in [-0.25, -0.2) is 14.4 Å². The van der Waals surface area contributed by atoms with Crippen molar-refractivity contribution in [2.45, 2.75) is 25.1 Å². The number of benzene rings is 2. The zero-order valence-electron chi connectivity index (χ0n) is 21.0. The highest BCUT2D eigenvalue weighted by atomic mass is 32.2. The lowest BCUT2D eigenvalue weighted by Gasteiger charge is -2.32. The smallest absolute Gasteiger partial charge is 0.371 e. The lowest BCUT2D eigenvalue weighted by Crippen LogP contribution is -2.35. The van der Waals surface area contributed by atoms with Gasteiger partial charge in [-0.05, 0) is 48.7 Å². The summed E-state index contributed by atoms with van der Waals surface area (Å²) in [5.74, 6) is 0.222. The minimum atomic E-state index is -4.60. The molecule has 1 saturated heterocycles. The van der Waals surface area contributed by atoms with E-state index in [1.54, 1.807) is 12.3 Å². The first-order valence-corrected chi connectivity index (χ1v) is 13.2. The summed E-state index contributed by atoms with van der Waals surface area (Å²) in [5, 5.41) is 12.0. The maximum atomic E-state index is 13.5. The number of aromatic nitrogens is 2. The van der Waals surface area contributed by atoms with Crippen LogP contribution in [-0.4, -0.2) is 52.3 Å². The SMILES string of the molecule is CN(C#N)C(c1ccc(-c2ccnc(Nc3ccc(N4CCC(C(=O)SCF)CC4)cc3)n2)cc1)C(F)(F)F. The summed E-state index contributed by atoms with van der Waals surface area (Å²) in [7, 11) is 1.10. The van der Waals surface area contributed by atoms with Crippen molar-refractivity contribution in [2.75, 3.05) is 36.4 Å². The molecular weight excluding hydrogens is 532 g/mol. The van der Waals surface area contributed by atoms with E-state index in [0.29, 0.717) is 34.9 Å². The molecule has 2 heterocycles. The van der Waals surface area contributed by atoms with Gasteiger partial charge in [-0.1, -0.05) is 36.0 Å². The number of hydrogen-bond acceptors (Lipinski definition) is 8. The van der Waals surface area contributed by atoms with Crippen molar-refractivity contribution < 1.29 is 22.4 Å². The van der Waals surface area contributed by atoms with Crippen LogP contribution in [0.3, 0.4) is 0 Å². The lowest BCUT2D eigenvalue weighted by molar-refractivity contribution is -0.175. The number of nitrogens with one attached hydrogen (secondary N) is 1. The number of anilines is 3. The Balaban J connectivity index is 1.41. The molecule has 39 heavy (non-hydrogen) atoms. The Morgan fingerprint density at radius 3 is 2.41 bits per heavy atom. The van der Waals surface area contributed by atoms with Crippen LogP contribution in [0.2, 0.25) is 0 Å². The molecule has 3 aromatic rings. The van der Waals surface area contributed by atoms with Gasteiger partial charge in [0.15, 0.2) is 17.4 Å². The van der Waals surface area contributed by atoms with Gasteiger partial charge in [0, 0.05) is 49.2 Å². The fraction of sp³-hybridized carbons (Fsp3) is 0.333. The van der Waals surface area contributed by atoms with Crippen LogP contribution in [0.4, 0.5) is 34.9 Å². The molecule has 1 aliphatic heterocycles. The first-order chi connectivity index (χ1) is 18.7. The maximum Gasteiger partial charge on any atom is 0.413 e. The predicted molar refractivity (Wildman–Crippen MR) is 143 cm³/mol. The van der Waals surface area contributed by atoms with E-state index < -0.39 is 18.2 Å². The molecule has 204 valence electrons. The zero-order valence-corrected chi connectivity index (χ0v) is 21.8. The van der Waals surface area contributed by atoms with Gasteiger partial charge >= 0.3 is 6.18 Å². The number of thioether (sulfide) groups is 1. The van der Waals surface area contributed by atoms with Gasteiger partial charge in [0.1, 0.15) is 6.01 Å². The molecule has 1 fully saturated rings. The van der Waals surface area contributed by atoms with Crippen molar-refractivity contribution in [1.82, 2.24) is 14.9 Å². The van der Waals surface area contributed by atoms with Gasteiger partial charge in [0.05, 0.1) is 5.69 Å². The lowest BCUT2D eigenvalue weighted by atomic mass is 9.98. The van der Waals surface area contributed by atoms with Crippen molar-refractivity contribution in [1.29, 1.82) is 5.26 Å². The van der Waals surface area contributed by atoms with E-state index in [9.17, 15) is 22.4 Å². The molecule has 0 bridgehead atoms. The van der Waals surface area contributed by atoms with Gasteiger partial charge in [-0.2, -0.15) is 18.4 Å². The second kappa shape index (κ2) is 12.3. The van der Waals surface area contributed by atoms with Crippen LogP contribution in [0.1, 0.15) is 24.4 Å². The van der Waals surface area contributed by atoms with Gasteiger partial charge in [-0.15, -0.1) is 0 Å². The van der Waals surface area contributed by atoms with Crippen molar-refractivity contribution >= 4 is 34.2 Å². The van der Waals surface area contributed by atoms with E-state index in [4.69, 9.17) is 5.26 Å². The highest BCUT2D eigenvalue weighted by Gasteiger charge is 2.43. The Morgan fingerprint density at radius 1 is 1.15 bits per heavy atom. The number of rotatable bonds is 8. The second-order valence-electron chi connectivity index (χ2n) is 9.05. The van der Waals surface area contributed by atoms with E-state index >= 15 is 0 Å². The third-order valence-electron chi connectivity index (χ3n) is 6.55. The first-order valence-electron chi connectivity index (χ1n) is 12.2. The molecular formula is C27H26F4N6OS. The molecule has 0 radical (unpaired) electrons. The van der Waals surface area contributed by atoms with Crippen LogP contribution in [0.25, 0.3) is 11.3 Å². The molecule has 1 aromatic heterocycles. The number of hydrogen-bond donors (Lipinski definition) is 1. The molecule has 1 unspecified atom stereocenters. The summed E-state index contributed by atoms with van der Waals surface area (Å²) in [5.41, 5.74) is 2.85. The van der Waals surface area contributed by atoms with Gasteiger partial charge < -0.3 is 10.2 Å². The monoisotopic (exact) mass is 558 g/mol. The molecule has 1 aliphatic rings. The van der Waals surface area contributed by atoms with Crippen LogP contribution in [-0.2, 0) is 4.79 Å². The first kappa shape index (κ1) is 28.2. The van der Waals surface area contributed by atoms with Crippen molar-refractivity contribution in [2.24, 2.45) is 5.92 Å². The fourth-order valence-corrected chi connectivity index (χ4v) is 5.11. The minimum absolute atomic E-state index is 0.0442. The number of nitrogens with zero attached hydrogens (tertiary/aromatic N) is 5. The fourth-order valence-electron chi connectivity index (χ4n) is 4.54. The largest absolute Gasteiger partial charge is 0.413 e. The Bertz CT molecular complexity index is 1310. The summed E-state index contributed by atoms with van der Waals surface area (Å²) in [6.45, 7) is 1.44. The second-order valence-corrected chi connectivity index (χ2v) is 9.96. The summed E-state index contributed by atoms with van der Waals surface area (Å²) >= 11 is 0.744. The summed E-state index contributed by atoms with van der Waals surface area (Å²) in [4.78, 5) is 23.4. The molecule has 0 spiro atoms. The Labute approximate surface area is 227 Å². The predicted octanol–water partition coefficient (Wildman–Crippen LogP) is 6.31. The highest BCUT2D eigenvalue weighted by Crippen LogP contribution is 2.37. The molecule has 7 nitrogen and oxygen atoms in total. The summed E-state index contributed by atoms with van der Waals surface area (Å²) in [6.07, 6.45) is -0.118. The number of carbonyl (C=O) groups is 1. The van der Waals surface area contributed by atoms with Gasteiger partial charge in [0.25, 0.3) is 0 Å². The number of alkyl halides is 4. The van der Waals surface area contributed by atoms with Crippen molar-refractivity contribution in [3.8, 4) is 17.5 Å². The van der Waals surface area contributed by atoms with Gasteiger partial charge in [-0.3, -0.25) is 9.69 Å². The average molecular weight is 559 g/mol. The average Bonchev–Trinajstić information content (AvgIpc) is 2.93. The zero-order chi connectivity index (χ0) is 28.0. The van der Waals surface area contributed by atoms with Gasteiger partial charge in [0.2, 0.25) is 5.95 Å².